The number of nitrogens with one attached hydrogen (secondary N) is 1. The highest BCUT2D eigenvalue weighted by atomic mass is 32.1. The summed E-state index contributed by atoms with van der Waals surface area (Å²) in [6.45, 7) is 6.46. The summed E-state index contributed by atoms with van der Waals surface area (Å²) in [6, 6.07) is 24.1. The Morgan fingerprint density at radius 2 is 1.67 bits per heavy atom. The van der Waals surface area contributed by atoms with Crippen molar-refractivity contribution in [1.82, 2.24) is 5.32 Å². The van der Waals surface area contributed by atoms with E-state index in [1.54, 1.807) is 0 Å². The van der Waals surface area contributed by atoms with Gasteiger partial charge >= 0.3 is 0 Å². The number of hydrogen-bond acceptors (Lipinski definition) is 4. The zero-order valence-electron chi connectivity index (χ0n) is 18.7. The standard InChI is InChI=1S/C26H25N3O3S/c1-25(2)17-26(3,19-11-5-4-6-12-19)21-14-7-8-15-22(21)28(25)24(33)27-23(30)18-10-9-13-20(16-18)29(31)32/h4-16H,17H2,1-3H3,(H,27,30,33). The summed E-state index contributed by atoms with van der Waals surface area (Å²) in [5.74, 6) is -0.478. The largest absolute Gasteiger partial charge is 0.313 e. The number of hydrogen-bond donors (Lipinski definition) is 1. The van der Waals surface area contributed by atoms with Gasteiger partial charge in [0, 0.05) is 34.3 Å². The number of rotatable bonds is 3. The number of nitro groups is 1. The summed E-state index contributed by atoms with van der Waals surface area (Å²) in [4.78, 5) is 25.4. The smallest absolute Gasteiger partial charge is 0.270 e. The Balaban J connectivity index is 1.71. The van der Waals surface area contributed by atoms with Gasteiger partial charge in [0.05, 0.1) is 4.92 Å². The van der Waals surface area contributed by atoms with Crippen molar-refractivity contribution in [2.75, 3.05) is 4.90 Å². The van der Waals surface area contributed by atoms with E-state index in [1.807, 2.05) is 41.3 Å². The molecule has 7 heteroatoms. The van der Waals surface area contributed by atoms with Crippen LogP contribution in [0.3, 0.4) is 0 Å². The molecule has 0 saturated heterocycles. The number of carbonyl (C=O) groups is 1. The van der Waals surface area contributed by atoms with Gasteiger partial charge < -0.3 is 4.90 Å². The molecular weight excluding hydrogens is 434 g/mol. The average molecular weight is 460 g/mol. The van der Waals surface area contributed by atoms with E-state index in [9.17, 15) is 14.9 Å². The Bertz CT molecular complexity index is 1240. The first kappa shape index (κ1) is 22.6. The van der Waals surface area contributed by atoms with E-state index in [0.717, 1.165) is 17.7 Å². The molecule has 168 valence electrons. The van der Waals surface area contributed by atoms with Crippen LogP contribution < -0.4 is 10.2 Å². The van der Waals surface area contributed by atoms with Gasteiger partial charge in [-0.15, -0.1) is 0 Å². The van der Waals surface area contributed by atoms with Crippen molar-refractivity contribution in [2.45, 2.75) is 38.1 Å². The number of non-ortho nitro benzene ring substituents is 1. The molecule has 0 aromatic heterocycles. The summed E-state index contributed by atoms with van der Waals surface area (Å²) < 4.78 is 0. The van der Waals surface area contributed by atoms with Crippen LogP contribution in [0.25, 0.3) is 0 Å². The van der Waals surface area contributed by atoms with E-state index < -0.39 is 16.4 Å². The number of anilines is 1. The number of amides is 1. The molecule has 3 aromatic rings. The number of thiocarbonyl (C=S) groups is 1. The molecule has 1 amide bonds. The van der Waals surface area contributed by atoms with Crippen LogP contribution in [-0.2, 0) is 5.41 Å². The zero-order valence-corrected chi connectivity index (χ0v) is 19.6. The lowest BCUT2D eigenvalue weighted by Gasteiger charge is -2.52. The lowest BCUT2D eigenvalue weighted by atomic mass is 9.65. The van der Waals surface area contributed by atoms with Crippen LogP contribution >= 0.6 is 12.2 Å². The Hall–Kier alpha value is -3.58. The first-order valence-electron chi connectivity index (χ1n) is 10.7. The molecular formula is C26H25N3O3S. The van der Waals surface area contributed by atoms with E-state index in [0.29, 0.717) is 0 Å². The van der Waals surface area contributed by atoms with Gasteiger partial charge in [0.2, 0.25) is 0 Å². The topological polar surface area (TPSA) is 75.5 Å². The molecule has 3 aromatic carbocycles. The minimum absolute atomic E-state index is 0.143. The molecule has 1 aliphatic heterocycles. The summed E-state index contributed by atoms with van der Waals surface area (Å²) in [7, 11) is 0. The van der Waals surface area contributed by atoms with E-state index >= 15 is 0 Å². The van der Waals surface area contributed by atoms with Crippen LogP contribution in [0.1, 0.15) is 48.7 Å². The van der Waals surface area contributed by atoms with Crippen LogP contribution in [0.15, 0.2) is 78.9 Å². The predicted molar refractivity (Wildman–Crippen MR) is 134 cm³/mol. The van der Waals surface area contributed by atoms with E-state index in [-0.39, 0.29) is 21.8 Å². The molecule has 4 rings (SSSR count). The van der Waals surface area contributed by atoms with Crippen molar-refractivity contribution in [2.24, 2.45) is 0 Å². The fourth-order valence-electron chi connectivity index (χ4n) is 4.93. The van der Waals surface area contributed by atoms with Gasteiger partial charge in [-0.2, -0.15) is 0 Å². The van der Waals surface area contributed by atoms with Crippen molar-refractivity contribution in [3.8, 4) is 0 Å². The Labute approximate surface area is 198 Å². The third-order valence-electron chi connectivity index (χ3n) is 6.28. The van der Waals surface area contributed by atoms with Gasteiger partial charge in [-0.05, 0) is 55.7 Å². The molecule has 1 N–H and O–H groups in total. The fourth-order valence-corrected chi connectivity index (χ4v) is 5.37. The summed E-state index contributed by atoms with van der Waals surface area (Å²) in [5, 5.41) is 14.1. The second-order valence-electron chi connectivity index (χ2n) is 9.11. The van der Waals surface area contributed by atoms with Gasteiger partial charge in [0.25, 0.3) is 11.6 Å². The summed E-state index contributed by atoms with van der Waals surface area (Å²) in [5.41, 5.74) is 2.67. The van der Waals surface area contributed by atoms with Gasteiger partial charge in [0.1, 0.15) is 0 Å². The highest BCUT2D eigenvalue weighted by Crippen LogP contribution is 2.50. The first-order valence-corrected chi connectivity index (χ1v) is 11.1. The van der Waals surface area contributed by atoms with Crippen molar-refractivity contribution >= 4 is 34.6 Å². The Morgan fingerprint density at radius 3 is 2.36 bits per heavy atom. The third-order valence-corrected chi connectivity index (χ3v) is 6.57. The third kappa shape index (κ3) is 4.12. The summed E-state index contributed by atoms with van der Waals surface area (Å²) >= 11 is 5.71. The van der Waals surface area contributed by atoms with E-state index in [1.165, 1.54) is 29.8 Å². The molecule has 1 unspecified atom stereocenters. The molecule has 0 radical (unpaired) electrons. The van der Waals surface area contributed by atoms with Crippen LogP contribution in [0.2, 0.25) is 0 Å². The van der Waals surface area contributed by atoms with Crippen molar-refractivity contribution in [3.05, 3.63) is 106 Å². The molecule has 0 aliphatic carbocycles. The normalized spacial score (nSPS) is 18.8. The van der Waals surface area contributed by atoms with Gasteiger partial charge in [-0.25, -0.2) is 0 Å². The molecule has 0 fully saturated rings. The van der Waals surface area contributed by atoms with Gasteiger partial charge in [-0.3, -0.25) is 20.2 Å². The van der Waals surface area contributed by atoms with Crippen LogP contribution in [-0.4, -0.2) is 21.5 Å². The maximum absolute atomic E-state index is 12.9. The average Bonchev–Trinajstić information content (AvgIpc) is 2.79. The minimum atomic E-state index is -0.524. The fraction of sp³-hybridized carbons (Fsp3) is 0.231. The molecule has 0 spiro atoms. The number of nitro benzene ring substituents is 1. The van der Waals surface area contributed by atoms with Crippen molar-refractivity contribution < 1.29 is 9.72 Å². The zero-order chi connectivity index (χ0) is 23.8. The van der Waals surface area contributed by atoms with Gasteiger partial charge in [-0.1, -0.05) is 61.5 Å². The number of fused-ring (bicyclic) bond motifs is 1. The van der Waals surface area contributed by atoms with Crippen LogP contribution in [0.5, 0.6) is 0 Å². The predicted octanol–water partition coefficient (Wildman–Crippen LogP) is 5.60. The maximum atomic E-state index is 12.9. The van der Waals surface area contributed by atoms with Gasteiger partial charge in [0.15, 0.2) is 5.11 Å². The number of nitrogens with zero attached hydrogens (tertiary/aromatic N) is 2. The second-order valence-corrected chi connectivity index (χ2v) is 9.49. The molecule has 0 saturated carbocycles. The second kappa shape index (κ2) is 8.41. The maximum Gasteiger partial charge on any atom is 0.270 e. The van der Waals surface area contributed by atoms with Crippen LogP contribution in [0, 0.1) is 10.1 Å². The molecule has 1 atom stereocenters. The number of carbonyl (C=O) groups excluding carboxylic acids is 1. The lowest BCUT2D eigenvalue weighted by Crippen LogP contribution is -2.59. The number of para-hydroxylation sites is 1. The monoisotopic (exact) mass is 459 g/mol. The Kier molecular flexibility index (Phi) is 5.76. The molecule has 1 heterocycles. The van der Waals surface area contributed by atoms with Crippen molar-refractivity contribution in [3.63, 3.8) is 0 Å². The quantitative estimate of drug-likeness (QED) is 0.313. The number of benzene rings is 3. The van der Waals surface area contributed by atoms with Crippen LogP contribution in [0.4, 0.5) is 11.4 Å². The highest BCUT2D eigenvalue weighted by Gasteiger charge is 2.46. The molecule has 33 heavy (non-hydrogen) atoms. The summed E-state index contributed by atoms with van der Waals surface area (Å²) in [6.07, 6.45) is 0.772. The highest BCUT2D eigenvalue weighted by molar-refractivity contribution is 7.80. The molecule has 1 aliphatic rings. The van der Waals surface area contributed by atoms with E-state index in [2.05, 4.69) is 44.3 Å². The Morgan fingerprint density at radius 1 is 1.00 bits per heavy atom. The minimum Gasteiger partial charge on any atom is -0.313 e. The SMILES string of the molecule is CC1(c2ccccc2)CC(C)(C)N(C(=S)NC(=O)c2cccc([N+](=O)[O-])c2)c2ccccc21. The molecule has 0 bridgehead atoms. The first-order chi connectivity index (χ1) is 15.6. The van der Waals surface area contributed by atoms with Crippen molar-refractivity contribution in [1.29, 1.82) is 0 Å². The lowest BCUT2D eigenvalue weighted by molar-refractivity contribution is -0.384. The van der Waals surface area contributed by atoms with E-state index in [4.69, 9.17) is 12.2 Å². The molecule has 6 nitrogen and oxygen atoms in total.